The lowest BCUT2D eigenvalue weighted by atomic mass is 9.97. The van der Waals surface area contributed by atoms with Crippen LogP contribution < -0.4 is 0 Å². The van der Waals surface area contributed by atoms with Crippen LogP contribution >= 0.6 is 0 Å². The lowest BCUT2D eigenvalue weighted by Gasteiger charge is -2.19. The molecule has 0 spiro atoms. The Morgan fingerprint density at radius 3 is 1.86 bits per heavy atom. The van der Waals surface area contributed by atoms with Gasteiger partial charge in [-0.3, -0.25) is 0 Å². The molecule has 2 heteroatoms. The van der Waals surface area contributed by atoms with E-state index in [1.807, 2.05) is 18.2 Å². The Kier molecular flexibility index (Phi) is 4.11. The molecule has 0 N–H and O–H groups in total. The molecule has 1 rings (SSSR count). The van der Waals surface area contributed by atoms with Gasteiger partial charge in [-0.2, -0.15) is 0 Å². The van der Waals surface area contributed by atoms with Crippen molar-refractivity contribution < 1.29 is 9.47 Å². The van der Waals surface area contributed by atoms with Crippen LogP contribution in [-0.2, 0) is 9.47 Å². The fraction of sp³-hybridized carbons (Fsp3) is 0.500. The first-order valence-corrected chi connectivity index (χ1v) is 4.85. The monoisotopic (exact) mass is 194 g/mol. The molecule has 78 valence electrons. The summed E-state index contributed by atoms with van der Waals surface area (Å²) in [5, 5.41) is 0. The van der Waals surface area contributed by atoms with Gasteiger partial charge >= 0.3 is 0 Å². The molecule has 0 aliphatic heterocycles. The van der Waals surface area contributed by atoms with E-state index < -0.39 is 0 Å². The highest BCUT2D eigenvalue weighted by atomic mass is 16.7. The van der Waals surface area contributed by atoms with Crippen LogP contribution in [0, 0.1) is 0 Å². The van der Waals surface area contributed by atoms with Crippen molar-refractivity contribution in [1.29, 1.82) is 0 Å². The van der Waals surface area contributed by atoms with Crippen molar-refractivity contribution in [2.75, 3.05) is 14.2 Å². The summed E-state index contributed by atoms with van der Waals surface area (Å²) in [4.78, 5) is 0. The molecule has 2 nitrogen and oxygen atoms in total. The fourth-order valence-electron chi connectivity index (χ4n) is 1.60. The van der Waals surface area contributed by atoms with Gasteiger partial charge in [-0.1, -0.05) is 38.1 Å². The predicted octanol–water partition coefficient (Wildman–Crippen LogP) is 3.10. The maximum absolute atomic E-state index is 5.25. The summed E-state index contributed by atoms with van der Waals surface area (Å²) in [6, 6.07) is 8.21. The largest absolute Gasteiger partial charge is 0.352 e. The van der Waals surface area contributed by atoms with E-state index in [0.717, 1.165) is 5.56 Å². The SMILES string of the molecule is COC(OC)c1ccccc1C(C)C. The second kappa shape index (κ2) is 5.13. The first-order chi connectivity index (χ1) is 6.70. The number of ether oxygens (including phenoxy) is 2. The highest BCUT2D eigenvalue weighted by molar-refractivity contribution is 5.30. The van der Waals surface area contributed by atoms with Crippen LogP contribution in [0.2, 0.25) is 0 Å². The van der Waals surface area contributed by atoms with E-state index in [9.17, 15) is 0 Å². The van der Waals surface area contributed by atoms with Gasteiger partial charge in [-0.25, -0.2) is 0 Å². The molecule has 0 unspecified atom stereocenters. The average molecular weight is 194 g/mol. The summed E-state index contributed by atoms with van der Waals surface area (Å²) in [6.45, 7) is 4.34. The molecule has 0 aromatic heterocycles. The standard InChI is InChI=1S/C12H18O2/c1-9(2)10-7-5-6-8-11(10)12(13-3)14-4/h5-9,12H,1-4H3. The number of methoxy groups -OCH3 is 2. The zero-order chi connectivity index (χ0) is 10.6. The van der Waals surface area contributed by atoms with Crippen molar-refractivity contribution in [3.63, 3.8) is 0 Å². The van der Waals surface area contributed by atoms with E-state index in [0.29, 0.717) is 5.92 Å². The quantitative estimate of drug-likeness (QED) is 0.686. The zero-order valence-electron chi connectivity index (χ0n) is 9.28. The first-order valence-electron chi connectivity index (χ1n) is 4.85. The van der Waals surface area contributed by atoms with Gasteiger partial charge in [0.2, 0.25) is 0 Å². The van der Waals surface area contributed by atoms with Gasteiger partial charge < -0.3 is 9.47 Å². The topological polar surface area (TPSA) is 18.5 Å². The summed E-state index contributed by atoms with van der Waals surface area (Å²) in [6.07, 6.45) is -0.256. The molecule has 1 aromatic rings. The zero-order valence-corrected chi connectivity index (χ0v) is 9.28. The molecule has 0 aliphatic carbocycles. The van der Waals surface area contributed by atoms with E-state index >= 15 is 0 Å². The summed E-state index contributed by atoms with van der Waals surface area (Å²) >= 11 is 0. The van der Waals surface area contributed by atoms with Crippen LogP contribution in [0.4, 0.5) is 0 Å². The fourth-order valence-corrected chi connectivity index (χ4v) is 1.60. The molecule has 0 saturated heterocycles. The second-order valence-corrected chi connectivity index (χ2v) is 3.59. The van der Waals surface area contributed by atoms with E-state index in [1.54, 1.807) is 14.2 Å². The Balaban J connectivity index is 3.05. The maximum Gasteiger partial charge on any atom is 0.183 e. The third kappa shape index (κ3) is 2.34. The summed E-state index contributed by atoms with van der Waals surface area (Å²) in [5.74, 6) is 0.485. The molecule has 0 saturated carbocycles. The molecular weight excluding hydrogens is 176 g/mol. The smallest absolute Gasteiger partial charge is 0.183 e. The number of hydrogen-bond acceptors (Lipinski definition) is 2. The van der Waals surface area contributed by atoms with Gasteiger partial charge in [-0.15, -0.1) is 0 Å². The second-order valence-electron chi connectivity index (χ2n) is 3.59. The Morgan fingerprint density at radius 1 is 0.929 bits per heavy atom. The van der Waals surface area contributed by atoms with E-state index in [1.165, 1.54) is 5.56 Å². The van der Waals surface area contributed by atoms with Crippen molar-refractivity contribution in [2.24, 2.45) is 0 Å². The molecule has 0 aliphatic rings. The molecule has 0 fully saturated rings. The number of rotatable bonds is 4. The average Bonchev–Trinajstić information content (AvgIpc) is 2.20. The van der Waals surface area contributed by atoms with Crippen LogP contribution in [0.1, 0.15) is 37.2 Å². The summed E-state index contributed by atoms with van der Waals surface area (Å²) in [7, 11) is 3.32. The van der Waals surface area contributed by atoms with Gasteiger partial charge in [-0.05, 0) is 11.5 Å². The maximum atomic E-state index is 5.25. The lowest BCUT2D eigenvalue weighted by molar-refractivity contribution is -0.106. The lowest BCUT2D eigenvalue weighted by Crippen LogP contribution is -2.07. The van der Waals surface area contributed by atoms with E-state index in [2.05, 4.69) is 19.9 Å². The minimum Gasteiger partial charge on any atom is -0.352 e. The minimum absolute atomic E-state index is 0.256. The summed E-state index contributed by atoms with van der Waals surface area (Å²) < 4.78 is 10.5. The van der Waals surface area contributed by atoms with E-state index in [4.69, 9.17) is 9.47 Å². The molecule has 0 amide bonds. The van der Waals surface area contributed by atoms with E-state index in [-0.39, 0.29) is 6.29 Å². The van der Waals surface area contributed by atoms with Gasteiger partial charge in [0.05, 0.1) is 0 Å². The van der Waals surface area contributed by atoms with Crippen molar-refractivity contribution in [3.8, 4) is 0 Å². The molecule has 0 atom stereocenters. The minimum atomic E-state index is -0.256. The van der Waals surface area contributed by atoms with Crippen LogP contribution in [0.25, 0.3) is 0 Å². The normalized spacial score (nSPS) is 11.3. The molecule has 0 heterocycles. The van der Waals surface area contributed by atoms with Gasteiger partial charge in [0.1, 0.15) is 0 Å². The molecule has 1 aromatic carbocycles. The highest BCUT2D eigenvalue weighted by Gasteiger charge is 2.14. The summed E-state index contributed by atoms with van der Waals surface area (Å²) in [5.41, 5.74) is 2.40. The van der Waals surface area contributed by atoms with Gasteiger partial charge in [0.15, 0.2) is 6.29 Å². The number of hydrogen-bond donors (Lipinski definition) is 0. The van der Waals surface area contributed by atoms with Crippen molar-refractivity contribution in [2.45, 2.75) is 26.1 Å². The Bertz CT molecular complexity index is 277. The van der Waals surface area contributed by atoms with Gasteiger partial charge in [0, 0.05) is 19.8 Å². The van der Waals surface area contributed by atoms with Crippen molar-refractivity contribution in [1.82, 2.24) is 0 Å². The first kappa shape index (κ1) is 11.2. The van der Waals surface area contributed by atoms with Crippen LogP contribution in [0.3, 0.4) is 0 Å². The van der Waals surface area contributed by atoms with Crippen molar-refractivity contribution in [3.05, 3.63) is 35.4 Å². The number of benzene rings is 1. The Morgan fingerprint density at radius 2 is 1.43 bits per heavy atom. The Hall–Kier alpha value is -0.860. The van der Waals surface area contributed by atoms with Gasteiger partial charge in [0.25, 0.3) is 0 Å². The van der Waals surface area contributed by atoms with Crippen LogP contribution in [0.15, 0.2) is 24.3 Å². The van der Waals surface area contributed by atoms with Crippen molar-refractivity contribution >= 4 is 0 Å². The molecule has 14 heavy (non-hydrogen) atoms. The van der Waals surface area contributed by atoms with Crippen LogP contribution in [0.5, 0.6) is 0 Å². The molecule has 0 bridgehead atoms. The molecule has 0 radical (unpaired) electrons. The highest BCUT2D eigenvalue weighted by Crippen LogP contribution is 2.26. The third-order valence-corrected chi connectivity index (χ3v) is 2.30. The predicted molar refractivity (Wildman–Crippen MR) is 57.3 cm³/mol. The van der Waals surface area contributed by atoms with Crippen LogP contribution in [-0.4, -0.2) is 14.2 Å². The third-order valence-electron chi connectivity index (χ3n) is 2.30. The Labute approximate surface area is 85.8 Å². The molecular formula is C12H18O2.